The van der Waals surface area contributed by atoms with Crippen LogP contribution in [0.1, 0.15) is 45.4 Å². The smallest absolute Gasteiger partial charge is 0.223 e. The third-order valence-electron chi connectivity index (χ3n) is 4.53. The molecular weight excluding hydrogens is 228 g/mol. The molecule has 0 bridgehead atoms. The largest absolute Gasteiger partial charge is 0.376 e. The molecule has 1 atom stereocenters. The van der Waals surface area contributed by atoms with E-state index in [9.17, 15) is 4.79 Å². The highest BCUT2D eigenvalue weighted by atomic mass is 16.5. The van der Waals surface area contributed by atoms with Gasteiger partial charge in [0.1, 0.15) is 0 Å². The highest BCUT2D eigenvalue weighted by molar-refractivity contribution is 5.77. The maximum Gasteiger partial charge on any atom is 0.223 e. The molecule has 1 aliphatic carbocycles. The van der Waals surface area contributed by atoms with Gasteiger partial charge in [-0.3, -0.25) is 4.79 Å². The highest BCUT2D eigenvalue weighted by Gasteiger charge is 2.38. The molecule has 1 saturated heterocycles. The summed E-state index contributed by atoms with van der Waals surface area (Å²) in [6, 6.07) is 0. The van der Waals surface area contributed by atoms with Crippen molar-refractivity contribution in [1.82, 2.24) is 4.90 Å². The van der Waals surface area contributed by atoms with Crippen molar-refractivity contribution < 1.29 is 9.53 Å². The Morgan fingerprint density at radius 1 is 1.44 bits per heavy atom. The molecule has 1 heterocycles. The maximum absolute atomic E-state index is 12.4. The van der Waals surface area contributed by atoms with Gasteiger partial charge >= 0.3 is 0 Å². The van der Waals surface area contributed by atoms with Crippen LogP contribution in [-0.4, -0.2) is 43.2 Å². The van der Waals surface area contributed by atoms with Gasteiger partial charge in [-0.1, -0.05) is 13.3 Å². The van der Waals surface area contributed by atoms with Gasteiger partial charge in [-0.25, -0.2) is 0 Å². The van der Waals surface area contributed by atoms with Crippen molar-refractivity contribution in [3.63, 3.8) is 0 Å². The van der Waals surface area contributed by atoms with Crippen LogP contribution < -0.4 is 5.73 Å². The molecule has 0 radical (unpaired) electrons. The summed E-state index contributed by atoms with van der Waals surface area (Å²) in [6.45, 7) is 5.16. The average molecular weight is 254 g/mol. The molecule has 104 valence electrons. The van der Waals surface area contributed by atoms with E-state index in [-0.39, 0.29) is 17.4 Å². The minimum absolute atomic E-state index is 0.117. The summed E-state index contributed by atoms with van der Waals surface area (Å²) < 4.78 is 5.71. The Balaban J connectivity index is 1.90. The van der Waals surface area contributed by atoms with Crippen molar-refractivity contribution >= 4 is 5.91 Å². The number of ether oxygens (including phenoxy) is 1. The van der Waals surface area contributed by atoms with Gasteiger partial charge in [0.05, 0.1) is 6.10 Å². The van der Waals surface area contributed by atoms with Crippen LogP contribution >= 0.6 is 0 Å². The SMILES string of the molecule is CCC1CN(C(=O)CC2(CN)CCC2)CCCO1. The molecule has 2 aliphatic rings. The standard InChI is InChI=1S/C14H26N2O2/c1-2-12-10-16(7-4-8-18-12)13(17)9-14(11-15)5-3-6-14/h12H,2-11,15H2,1H3. The van der Waals surface area contributed by atoms with Crippen molar-refractivity contribution in [3.8, 4) is 0 Å². The minimum Gasteiger partial charge on any atom is -0.376 e. The first-order chi connectivity index (χ1) is 8.69. The van der Waals surface area contributed by atoms with E-state index < -0.39 is 0 Å². The van der Waals surface area contributed by atoms with Gasteiger partial charge in [0.15, 0.2) is 0 Å². The zero-order valence-corrected chi connectivity index (χ0v) is 11.5. The molecular formula is C14H26N2O2. The van der Waals surface area contributed by atoms with Gasteiger partial charge < -0.3 is 15.4 Å². The second-order valence-electron chi connectivity index (χ2n) is 5.83. The lowest BCUT2D eigenvalue weighted by Gasteiger charge is -2.41. The number of carbonyl (C=O) groups excluding carboxylic acids is 1. The van der Waals surface area contributed by atoms with Crippen molar-refractivity contribution in [2.45, 2.75) is 51.6 Å². The monoisotopic (exact) mass is 254 g/mol. The molecule has 4 nitrogen and oxygen atoms in total. The predicted molar refractivity (Wildman–Crippen MR) is 71.2 cm³/mol. The lowest BCUT2D eigenvalue weighted by Crippen LogP contribution is -2.44. The topological polar surface area (TPSA) is 55.6 Å². The molecule has 0 aromatic rings. The van der Waals surface area contributed by atoms with Crippen LogP contribution in [0, 0.1) is 5.41 Å². The van der Waals surface area contributed by atoms with E-state index >= 15 is 0 Å². The molecule has 2 rings (SSSR count). The Morgan fingerprint density at radius 3 is 2.78 bits per heavy atom. The Labute approximate surface area is 110 Å². The fourth-order valence-electron chi connectivity index (χ4n) is 2.93. The van der Waals surface area contributed by atoms with Crippen LogP contribution in [0.15, 0.2) is 0 Å². The third kappa shape index (κ3) is 3.04. The van der Waals surface area contributed by atoms with E-state index in [1.807, 2.05) is 4.90 Å². The lowest BCUT2D eigenvalue weighted by atomic mass is 9.66. The number of nitrogens with zero attached hydrogens (tertiary/aromatic N) is 1. The van der Waals surface area contributed by atoms with Crippen molar-refractivity contribution in [2.24, 2.45) is 11.1 Å². The molecule has 1 amide bonds. The summed E-state index contributed by atoms with van der Waals surface area (Å²) in [7, 11) is 0. The number of rotatable bonds is 4. The fourth-order valence-corrected chi connectivity index (χ4v) is 2.93. The molecule has 1 unspecified atom stereocenters. The molecule has 18 heavy (non-hydrogen) atoms. The summed E-state index contributed by atoms with van der Waals surface area (Å²) in [5, 5.41) is 0. The number of hydrogen-bond donors (Lipinski definition) is 1. The van der Waals surface area contributed by atoms with E-state index in [1.165, 1.54) is 6.42 Å². The maximum atomic E-state index is 12.4. The van der Waals surface area contributed by atoms with Crippen molar-refractivity contribution in [3.05, 3.63) is 0 Å². The first-order valence-corrected chi connectivity index (χ1v) is 7.28. The molecule has 1 aliphatic heterocycles. The van der Waals surface area contributed by atoms with Crippen molar-refractivity contribution in [1.29, 1.82) is 0 Å². The predicted octanol–water partition coefficient (Wildman–Crippen LogP) is 1.53. The van der Waals surface area contributed by atoms with E-state index in [1.54, 1.807) is 0 Å². The zero-order chi connectivity index (χ0) is 13.0. The van der Waals surface area contributed by atoms with E-state index in [2.05, 4.69) is 6.92 Å². The van der Waals surface area contributed by atoms with Gasteiger partial charge in [0.2, 0.25) is 5.91 Å². The third-order valence-corrected chi connectivity index (χ3v) is 4.53. The Bertz CT molecular complexity index is 284. The number of amides is 1. The molecule has 1 saturated carbocycles. The van der Waals surface area contributed by atoms with Gasteiger partial charge in [-0.15, -0.1) is 0 Å². The van der Waals surface area contributed by atoms with Crippen LogP contribution in [0.25, 0.3) is 0 Å². The number of carbonyl (C=O) groups is 1. The minimum atomic E-state index is 0.117. The van der Waals surface area contributed by atoms with E-state index in [0.29, 0.717) is 13.0 Å². The van der Waals surface area contributed by atoms with Crippen LogP contribution in [0.3, 0.4) is 0 Å². The second-order valence-corrected chi connectivity index (χ2v) is 5.83. The van der Waals surface area contributed by atoms with Gasteiger partial charge in [0.25, 0.3) is 0 Å². The van der Waals surface area contributed by atoms with Gasteiger partial charge in [0, 0.05) is 26.1 Å². The summed E-state index contributed by atoms with van der Waals surface area (Å²) in [6.07, 6.45) is 6.26. The Kier molecular flexibility index (Phi) is 4.62. The zero-order valence-electron chi connectivity index (χ0n) is 11.5. The number of hydrogen-bond acceptors (Lipinski definition) is 3. The molecule has 4 heteroatoms. The van der Waals surface area contributed by atoms with Crippen LogP contribution in [0.5, 0.6) is 0 Å². The molecule has 2 fully saturated rings. The van der Waals surface area contributed by atoms with Crippen LogP contribution in [0.4, 0.5) is 0 Å². The van der Waals surface area contributed by atoms with Crippen LogP contribution in [0.2, 0.25) is 0 Å². The quantitative estimate of drug-likeness (QED) is 0.828. The van der Waals surface area contributed by atoms with Gasteiger partial charge in [-0.2, -0.15) is 0 Å². The first kappa shape index (κ1) is 13.8. The van der Waals surface area contributed by atoms with Gasteiger partial charge in [-0.05, 0) is 37.6 Å². The molecule has 2 N–H and O–H groups in total. The van der Waals surface area contributed by atoms with E-state index in [4.69, 9.17) is 10.5 Å². The highest BCUT2D eigenvalue weighted by Crippen LogP contribution is 2.43. The summed E-state index contributed by atoms with van der Waals surface area (Å²) >= 11 is 0. The first-order valence-electron chi connectivity index (χ1n) is 7.28. The molecule has 0 aromatic heterocycles. The summed E-state index contributed by atoms with van der Waals surface area (Å²) in [5.74, 6) is 0.282. The second kappa shape index (κ2) is 6.02. The summed E-state index contributed by atoms with van der Waals surface area (Å²) in [5.41, 5.74) is 5.95. The normalized spacial score (nSPS) is 27.4. The van der Waals surface area contributed by atoms with Crippen LogP contribution in [-0.2, 0) is 9.53 Å². The Morgan fingerprint density at radius 2 is 2.22 bits per heavy atom. The number of nitrogens with two attached hydrogens (primary N) is 1. The molecule has 0 spiro atoms. The lowest BCUT2D eigenvalue weighted by molar-refractivity contribution is -0.135. The van der Waals surface area contributed by atoms with E-state index in [0.717, 1.165) is 45.4 Å². The van der Waals surface area contributed by atoms with Crippen molar-refractivity contribution in [2.75, 3.05) is 26.2 Å². The molecule has 0 aromatic carbocycles. The fraction of sp³-hybridized carbons (Fsp3) is 0.929. The summed E-state index contributed by atoms with van der Waals surface area (Å²) in [4.78, 5) is 14.4. The Hall–Kier alpha value is -0.610. The average Bonchev–Trinajstić information content (AvgIpc) is 2.58.